The Bertz CT molecular complexity index is 440. The van der Waals surface area contributed by atoms with Crippen LogP contribution in [0.1, 0.15) is 19.4 Å². The van der Waals surface area contributed by atoms with Crippen molar-refractivity contribution < 1.29 is 9.53 Å². The van der Waals surface area contributed by atoms with Crippen molar-refractivity contribution in [3.63, 3.8) is 0 Å². The molecule has 0 spiro atoms. The van der Waals surface area contributed by atoms with Crippen molar-refractivity contribution in [3.05, 3.63) is 22.2 Å². The summed E-state index contributed by atoms with van der Waals surface area (Å²) in [6.45, 7) is 5.47. The molecule has 0 atom stereocenters. The summed E-state index contributed by atoms with van der Waals surface area (Å²) in [6.07, 6.45) is 0. The predicted octanol–water partition coefficient (Wildman–Crippen LogP) is 2.87. The lowest BCUT2D eigenvalue weighted by atomic mass is 10.0. The number of anilines is 1. The Morgan fingerprint density at radius 2 is 2.07 bits per heavy atom. The Morgan fingerprint density at radius 1 is 1.40 bits per heavy atom. The van der Waals surface area contributed by atoms with Crippen molar-refractivity contribution in [1.29, 1.82) is 0 Å². The van der Waals surface area contributed by atoms with Gasteiger partial charge in [-0.15, -0.1) is 0 Å². The maximum atomic E-state index is 11.6. The summed E-state index contributed by atoms with van der Waals surface area (Å²) in [5, 5.41) is 2.83. The van der Waals surface area contributed by atoms with Crippen molar-refractivity contribution in [2.24, 2.45) is 0 Å². The monoisotopic (exact) mass is 269 g/mol. The second kappa shape index (κ2) is 3.23. The molecule has 1 heterocycles. The van der Waals surface area contributed by atoms with Crippen LogP contribution >= 0.6 is 15.9 Å². The first kappa shape index (κ1) is 10.5. The molecule has 80 valence electrons. The van der Waals surface area contributed by atoms with Crippen LogP contribution in [0.2, 0.25) is 0 Å². The molecule has 1 amide bonds. The quantitative estimate of drug-likeness (QED) is 0.787. The van der Waals surface area contributed by atoms with Crippen molar-refractivity contribution in [2.75, 3.05) is 5.32 Å². The molecule has 4 heteroatoms. The number of hydrogen-bond donors (Lipinski definition) is 1. The Hall–Kier alpha value is -1.03. The molecule has 1 aromatic rings. The van der Waals surface area contributed by atoms with E-state index in [1.807, 2.05) is 19.1 Å². The zero-order chi connectivity index (χ0) is 11.2. The van der Waals surface area contributed by atoms with Crippen LogP contribution in [0.15, 0.2) is 16.6 Å². The normalized spacial score (nSPS) is 17.7. The predicted molar refractivity (Wildman–Crippen MR) is 62.2 cm³/mol. The SMILES string of the molecule is Cc1c(Br)ccc2c1OC(C)(C)C(=O)N2. The topological polar surface area (TPSA) is 38.3 Å². The molecule has 1 N–H and O–H groups in total. The van der Waals surface area contributed by atoms with E-state index in [2.05, 4.69) is 21.2 Å². The van der Waals surface area contributed by atoms with Gasteiger partial charge in [-0.25, -0.2) is 0 Å². The largest absolute Gasteiger partial charge is 0.476 e. The Balaban J connectivity index is 2.56. The lowest BCUT2D eigenvalue weighted by molar-refractivity contribution is -0.129. The van der Waals surface area contributed by atoms with E-state index in [-0.39, 0.29) is 5.91 Å². The lowest BCUT2D eigenvalue weighted by Crippen LogP contribution is -2.45. The van der Waals surface area contributed by atoms with Crippen LogP contribution in [0.4, 0.5) is 5.69 Å². The van der Waals surface area contributed by atoms with Crippen LogP contribution < -0.4 is 10.1 Å². The number of benzene rings is 1. The van der Waals surface area contributed by atoms with Gasteiger partial charge in [-0.3, -0.25) is 4.79 Å². The zero-order valence-electron chi connectivity index (χ0n) is 8.85. The van der Waals surface area contributed by atoms with Gasteiger partial charge in [0.25, 0.3) is 5.91 Å². The summed E-state index contributed by atoms with van der Waals surface area (Å²) < 4.78 is 6.68. The van der Waals surface area contributed by atoms with Gasteiger partial charge in [0.05, 0.1) is 5.69 Å². The van der Waals surface area contributed by atoms with Gasteiger partial charge in [-0.1, -0.05) is 15.9 Å². The average Bonchev–Trinajstić information content (AvgIpc) is 2.15. The number of halogens is 1. The Kier molecular flexibility index (Phi) is 2.26. The molecule has 0 saturated carbocycles. The Labute approximate surface area is 96.9 Å². The minimum absolute atomic E-state index is 0.114. The number of carbonyl (C=O) groups excluding carboxylic acids is 1. The highest BCUT2D eigenvalue weighted by Crippen LogP contribution is 2.39. The van der Waals surface area contributed by atoms with Gasteiger partial charge < -0.3 is 10.1 Å². The van der Waals surface area contributed by atoms with Crippen LogP contribution in [0.3, 0.4) is 0 Å². The fraction of sp³-hybridized carbons (Fsp3) is 0.364. The minimum atomic E-state index is -0.807. The van der Waals surface area contributed by atoms with Gasteiger partial charge in [0, 0.05) is 10.0 Å². The highest BCUT2D eigenvalue weighted by molar-refractivity contribution is 9.10. The van der Waals surface area contributed by atoms with Crippen molar-refractivity contribution in [2.45, 2.75) is 26.4 Å². The maximum absolute atomic E-state index is 11.6. The molecule has 0 fully saturated rings. The average molecular weight is 270 g/mol. The minimum Gasteiger partial charge on any atom is -0.476 e. The molecule has 0 aliphatic carbocycles. The number of hydrogen-bond acceptors (Lipinski definition) is 2. The highest BCUT2D eigenvalue weighted by atomic mass is 79.9. The van der Waals surface area contributed by atoms with Gasteiger partial charge in [0.2, 0.25) is 0 Å². The molecular weight excluding hydrogens is 258 g/mol. The number of amides is 1. The number of nitrogens with one attached hydrogen (secondary N) is 1. The van der Waals surface area contributed by atoms with E-state index in [9.17, 15) is 4.79 Å². The van der Waals surface area contributed by atoms with E-state index in [0.29, 0.717) is 0 Å². The molecule has 3 nitrogen and oxygen atoms in total. The van der Waals surface area contributed by atoms with Gasteiger partial charge in [0.15, 0.2) is 5.60 Å². The van der Waals surface area contributed by atoms with Crippen molar-refractivity contribution >= 4 is 27.5 Å². The molecule has 0 aromatic heterocycles. The fourth-order valence-electron chi connectivity index (χ4n) is 1.47. The molecule has 1 aliphatic rings. The van der Waals surface area contributed by atoms with E-state index in [0.717, 1.165) is 21.5 Å². The molecular formula is C11H12BrNO2. The molecule has 15 heavy (non-hydrogen) atoms. The third-order valence-corrected chi connectivity index (χ3v) is 3.35. The van der Waals surface area contributed by atoms with E-state index >= 15 is 0 Å². The van der Waals surface area contributed by atoms with E-state index < -0.39 is 5.60 Å². The molecule has 1 aromatic carbocycles. The van der Waals surface area contributed by atoms with Gasteiger partial charge in [-0.05, 0) is 32.9 Å². The Morgan fingerprint density at radius 3 is 2.73 bits per heavy atom. The van der Waals surface area contributed by atoms with Crippen LogP contribution in [-0.4, -0.2) is 11.5 Å². The van der Waals surface area contributed by atoms with E-state index in [1.54, 1.807) is 13.8 Å². The van der Waals surface area contributed by atoms with Crippen LogP contribution in [-0.2, 0) is 4.79 Å². The standard InChI is InChI=1S/C11H12BrNO2/c1-6-7(12)4-5-8-9(6)15-11(2,3)10(14)13-8/h4-5H,1-3H3,(H,13,14). The maximum Gasteiger partial charge on any atom is 0.268 e. The summed E-state index contributed by atoms with van der Waals surface area (Å²) in [6, 6.07) is 3.73. The number of ether oxygens (including phenoxy) is 1. The van der Waals surface area contributed by atoms with Gasteiger partial charge >= 0.3 is 0 Å². The second-order valence-corrected chi connectivity index (χ2v) is 4.97. The fourth-order valence-corrected chi connectivity index (χ4v) is 1.78. The highest BCUT2D eigenvalue weighted by Gasteiger charge is 2.36. The summed E-state index contributed by atoms with van der Waals surface area (Å²) in [4.78, 5) is 11.6. The first-order chi connectivity index (χ1) is 6.92. The second-order valence-electron chi connectivity index (χ2n) is 4.12. The smallest absolute Gasteiger partial charge is 0.268 e. The summed E-state index contributed by atoms with van der Waals surface area (Å²) in [7, 11) is 0. The third-order valence-electron chi connectivity index (χ3n) is 2.49. The number of rotatable bonds is 0. The van der Waals surface area contributed by atoms with Crippen LogP contribution in [0.5, 0.6) is 5.75 Å². The molecule has 2 rings (SSSR count). The van der Waals surface area contributed by atoms with Crippen molar-refractivity contribution in [3.8, 4) is 5.75 Å². The first-order valence-corrected chi connectivity index (χ1v) is 5.51. The molecule has 0 radical (unpaired) electrons. The van der Waals surface area contributed by atoms with Crippen LogP contribution in [0.25, 0.3) is 0 Å². The molecule has 1 aliphatic heterocycles. The van der Waals surface area contributed by atoms with Crippen LogP contribution in [0, 0.1) is 6.92 Å². The first-order valence-electron chi connectivity index (χ1n) is 4.71. The number of carbonyl (C=O) groups is 1. The van der Waals surface area contributed by atoms with E-state index in [4.69, 9.17) is 4.74 Å². The third kappa shape index (κ3) is 1.63. The summed E-state index contributed by atoms with van der Waals surface area (Å²) in [5.74, 6) is 0.630. The van der Waals surface area contributed by atoms with E-state index in [1.165, 1.54) is 0 Å². The van der Waals surface area contributed by atoms with Gasteiger partial charge in [0.1, 0.15) is 5.75 Å². The summed E-state index contributed by atoms with van der Waals surface area (Å²) >= 11 is 3.43. The number of fused-ring (bicyclic) bond motifs is 1. The molecule has 0 saturated heterocycles. The van der Waals surface area contributed by atoms with Crippen molar-refractivity contribution in [1.82, 2.24) is 0 Å². The van der Waals surface area contributed by atoms with Gasteiger partial charge in [-0.2, -0.15) is 0 Å². The molecule has 0 bridgehead atoms. The lowest BCUT2D eigenvalue weighted by Gasteiger charge is -2.32. The molecule has 0 unspecified atom stereocenters. The summed E-state index contributed by atoms with van der Waals surface area (Å²) in [5.41, 5.74) is 0.930. The zero-order valence-corrected chi connectivity index (χ0v) is 10.4.